The van der Waals surface area contributed by atoms with E-state index in [1.54, 1.807) is 36.9 Å². The molecule has 7 heteroatoms. The Hall–Kier alpha value is -2.28. The van der Waals surface area contributed by atoms with Crippen molar-refractivity contribution in [3.05, 3.63) is 24.3 Å². The molecule has 0 saturated heterocycles. The van der Waals surface area contributed by atoms with Crippen LogP contribution in [0.15, 0.2) is 24.3 Å². The maximum Gasteiger partial charge on any atom is 0.319 e. The fraction of sp³-hybridized carbons (Fsp3) is 0.429. The van der Waals surface area contributed by atoms with Crippen LogP contribution in [0.2, 0.25) is 0 Å². The van der Waals surface area contributed by atoms with E-state index in [1.807, 2.05) is 13.8 Å². The molecule has 0 unspecified atom stereocenters. The normalized spacial score (nSPS) is 11.7. The molecule has 1 rings (SSSR count). The van der Waals surface area contributed by atoms with Crippen molar-refractivity contribution in [2.75, 3.05) is 12.4 Å². The number of benzene rings is 1. The number of nitrogens with one attached hydrogen (secondary N) is 3. The van der Waals surface area contributed by atoms with Gasteiger partial charge in [-0.15, -0.1) is 0 Å². The first-order chi connectivity index (χ1) is 9.96. The van der Waals surface area contributed by atoms with Gasteiger partial charge < -0.3 is 15.4 Å². The van der Waals surface area contributed by atoms with Crippen molar-refractivity contribution in [3.8, 4) is 5.75 Å². The smallest absolute Gasteiger partial charge is 0.319 e. The zero-order chi connectivity index (χ0) is 15.8. The van der Waals surface area contributed by atoms with Gasteiger partial charge in [0.1, 0.15) is 11.8 Å². The predicted octanol–water partition coefficient (Wildman–Crippen LogP) is 1.74. The summed E-state index contributed by atoms with van der Waals surface area (Å²) in [5.74, 6) is 0.223. The van der Waals surface area contributed by atoms with Crippen molar-refractivity contribution in [1.82, 2.24) is 10.8 Å². The van der Waals surface area contributed by atoms with Gasteiger partial charge in [-0.05, 0) is 36.6 Å². The third-order valence-corrected chi connectivity index (χ3v) is 2.79. The molecule has 1 atom stereocenters. The molecule has 116 valence electrons. The molecule has 0 aromatic heterocycles. The van der Waals surface area contributed by atoms with E-state index in [2.05, 4.69) is 10.6 Å². The topological polar surface area (TPSA) is 99.7 Å². The second-order valence-corrected chi connectivity index (χ2v) is 4.99. The van der Waals surface area contributed by atoms with Crippen LogP contribution >= 0.6 is 0 Å². The summed E-state index contributed by atoms with van der Waals surface area (Å²) in [4.78, 5) is 23.4. The van der Waals surface area contributed by atoms with Gasteiger partial charge in [0.25, 0.3) is 5.91 Å². The van der Waals surface area contributed by atoms with E-state index in [9.17, 15) is 9.59 Å². The molecule has 1 aromatic carbocycles. The summed E-state index contributed by atoms with van der Waals surface area (Å²) in [7, 11) is 1.55. The number of amides is 3. The number of hydroxylamine groups is 1. The average molecular weight is 295 g/mol. The number of ether oxygens (including phenoxy) is 1. The summed E-state index contributed by atoms with van der Waals surface area (Å²) in [6.07, 6.45) is 0.419. The minimum Gasteiger partial charge on any atom is -0.497 e. The Bertz CT molecular complexity index is 474. The van der Waals surface area contributed by atoms with Gasteiger partial charge in [0.2, 0.25) is 0 Å². The van der Waals surface area contributed by atoms with Crippen molar-refractivity contribution in [1.29, 1.82) is 0 Å². The van der Waals surface area contributed by atoms with E-state index in [0.717, 1.165) is 0 Å². The molecular formula is C14H21N3O4. The highest BCUT2D eigenvalue weighted by Gasteiger charge is 2.21. The van der Waals surface area contributed by atoms with E-state index in [4.69, 9.17) is 9.94 Å². The highest BCUT2D eigenvalue weighted by molar-refractivity contribution is 5.93. The van der Waals surface area contributed by atoms with Crippen LogP contribution in [-0.4, -0.2) is 30.3 Å². The number of hydrogen-bond donors (Lipinski definition) is 4. The Morgan fingerprint density at radius 3 is 2.33 bits per heavy atom. The quantitative estimate of drug-likeness (QED) is 0.474. The predicted molar refractivity (Wildman–Crippen MR) is 78.3 cm³/mol. The second-order valence-electron chi connectivity index (χ2n) is 4.99. The van der Waals surface area contributed by atoms with Gasteiger partial charge >= 0.3 is 6.03 Å². The Morgan fingerprint density at radius 2 is 1.86 bits per heavy atom. The minimum absolute atomic E-state index is 0.189. The lowest BCUT2D eigenvalue weighted by Crippen LogP contribution is -2.48. The first-order valence-electron chi connectivity index (χ1n) is 6.61. The van der Waals surface area contributed by atoms with Gasteiger partial charge in [-0.25, -0.2) is 10.3 Å². The van der Waals surface area contributed by atoms with Gasteiger partial charge in [0, 0.05) is 5.69 Å². The van der Waals surface area contributed by atoms with Gasteiger partial charge in [0.15, 0.2) is 0 Å². The molecule has 0 radical (unpaired) electrons. The van der Waals surface area contributed by atoms with Crippen LogP contribution in [0.25, 0.3) is 0 Å². The number of methoxy groups -OCH3 is 1. The number of urea groups is 1. The Labute approximate surface area is 123 Å². The monoisotopic (exact) mass is 295 g/mol. The third kappa shape index (κ3) is 5.70. The maximum absolute atomic E-state index is 11.9. The Balaban J connectivity index is 2.61. The third-order valence-electron chi connectivity index (χ3n) is 2.79. The summed E-state index contributed by atoms with van der Waals surface area (Å²) in [5.41, 5.74) is 2.13. The summed E-state index contributed by atoms with van der Waals surface area (Å²) < 4.78 is 5.02. The number of carbonyl (C=O) groups excluding carboxylic acids is 2. The van der Waals surface area contributed by atoms with E-state index >= 15 is 0 Å². The summed E-state index contributed by atoms with van der Waals surface area (Å²) in [6.45, 7) is 3.83. The second kappa shape index (κ2) is 8.11. The van der Waals surface area contributed by atoms with Crippen LogP contribution in [0.3, 0.4) is 0 Å². The fourth-order valence-electron chi connectivity index (χ4n) is 1.78. The first-order valence-corrected chi connectivity index (χ1v) is 6.61. The lowest BCUT2D eigenvalue weighted by molar-refractivity contribution is -0.131. The molecule has 0 heterocycles. The number of rotatable bonds is 6. The molecule has 7 nitrogen and oxygen atoms in total. The largest absolute Gasteiger partial charge is 0.497 e. The van der Waals surface area contributed by atoms with Crippen LogP contribution in [0.1, 0.15) is 20.3 Å². The van der Waals surface area contributed by atoms with Crippen LogP contribution in [0, 0.1) is 5.92 Å². The maximum atomic E-state index is 11.9. The molecule has 3 amide bonds. The fourth-order valence-corrected chi connectivity index (χ4v) is 1.78. The van der Waals surface area contributed by atoms with Crippen LogP contribution in [-0.2, 0) is 4.79 Å². The highest BCUT2D eigenvalue weighted by Crippen LogP contribution is 2.15. The number of anilines is 1. The van der Waals surface area contributed by atoms with Crippen molar-refractivity contribution >= 4 is 17.6 Å². The highest BCUT2D eigenvalue weighted by atomic mass is 16.5. The summed E-state index contributed by atoms with van der Waals surface area (Å²) >= 11 is 0. The van der Waals surface area contributed by atoms with Crippen molar-refractivity contribution in [3.63, 3.8) is 0 Å². The molecule has 0 fully saturated rings. The average Bonchev–Trinajstić information content (AvgIpc) is 2.46. The summed E-state index contributed by atoms with van der Waals surface area (Å²) in [6, 6.07) is 5.47. The molecule has 0 spiro atoms. The van der Waals surface area contributed by atoms with Gasteiger partial charge in [-0.2, -0.15) is 0 Å². The van der Waals surface area contributed by atoms with Gasteiger partial charge in [-0.1, -0.05) is 13.8 Å². The van der Waals surface area contributed by atoms with Gasteiger partial charge in [0.05, 0.1) is 7.11 Å². The van der Waals surface area contributed by atoms with Crippen molar-refractivity contribution < 1.29 is 19.5 Å². The van der Waals surface area contributed by atoms with Crippen LogP contribution in [0.4, 0.5) is 10.5 Å². The molecule has 4 N–H and O–H groups in total. The molecule has 0 saturated carbocycles. The molecule has 0 aliphatic heterocycles. The minimum atomic E-state index is -0.798. The lowest BCUT2D eigenvalue weighted by atomic mass is 10.0. The molecule has 0 bridgehead atoms. The zero-order valence-corrected chi connectivity index (χ0v) is 12.3. The van der Waals surface area contributed by atoms with E-state index < -0.39 is 18.0 Å². The molecular weight excluding hydrogens is 274 g/mol. The molecule has 1 aromatic rings. The molecule has 21 heavy (non-hydrogen) atoms. The summed E-state index contributed by atoms with van der Waals surface area (Å²) in [5, 5.41) is 13.8. The first kappa shape index (κ1) is 16.8. The van der Waals surface area contributed by atoms with Crippen LogP contribution in [0.5, 0.6) is 5.75 Å². The van der Waals surface area contributed by atoms with Crippen LogP contribution < -0.4 is 20.9 Å². The SMILES string of the molecule is COc1ccc(NC(=O)N[C@@H](CC(C)C)C(=O)NO)cc1. The van der Waals surface area contributed by atoms with Crippen molar-refractivity contribution in [2.45, 2.75) is 26.3 Å². The van der Waals surface area contributed by atoms with Crippen molar-refractivity contribution in [2.24, 2.45) is 5.92 Å². The molecule has 0 aliphatic carbocycles. The van der Waals surface area contributed by atoms with E-state index in [0.29, 0.717) is 17.9 Å². The lowest BCUT2D eigenvalue weighted by Gasteiger charge is -2.18. The van der Waals surface area contributed by atoms with E-state index in [1.165, 1.54) is 0 Å². The Kier molecular flexibility index (Phi) is 6.48. The number of carbonyl (C=O) groups is 2. The van der Waals surface area contributed by atoms with Gasteiger partial charge in [-0.3, -0.25) is 10.0 Å². The van der Waals surface area contributed by atoms with E-state index in [-0.39, 0.29) is 5.92 Å². The Morgan fingerprint density at radius 1 is 1.24 bits per heavy atom. The zero-order valence-electron chi connectivity index (χ0n) is 12.3. The molecule has 0 aliphatic rings. The standard InChI is InChI=1S/C14H21N3O4/c1-9(2)8-12(13(18)17-20)16-14(19)15-10-4-6-11(21-3)7-5-10/h4-7,9,12,20H,8H2,1-3H3,(H,17,18)(H2,15,16,19)/t12-/m0/s1. The number of hydrogen-bond acceptors (Lipinski definition) is 4.